The summed E-state index contributed by atoms with van der Waals surface area (Å²) in [6.45, 7) is 8.89. The summed E-state index contributed by atoms with van der Waals surface area (Å²) in [4.78, 5) is 6.09. The van der Waals surface area contributed by atoms with E-state index in [0.29, 0.717) is 0 Å². The molecule has 0 saturated heterocycles. The Morgan fingerprint density at radius 1 is 0.818 bits per heavy atom. The predicted molar refractivity (Wildman–Crippen MR) is 141 cm³/mol. The number of rotatable bonds is 2. The molecule has 0 atom stereocenters. The van der Waals surface area contributed by atoms with Gasteiger partial charge in [-0.1, -0.05) is 63.2 Å². The molecular weight excluding hydrogens is 422 g/mol. The van der Waals surface area contributed by atoms with Crippen molar-refractivity contribution >= 4 is 43.2 Å². The highest BCUT2D eigenvalue weighted by atomic mass is 32.1. The van der Waals surface area contributed by atoms with Crippen LogP contribution in [0.5, 0.6) is 0 Å². The first-order valence-corrected chi connectivity index (χ1v) is 12.1. The first-order valence-electron chi connectivity index (χ1n) is 11.3. The normalized spacial score (nSPS) is 12.2. The van der Waals surface area contributed by atoms with E-state index in [1.807, 2.05) is 18.3 Å². The topological polar surface area (TPSA) is 26.0 Å². The fourth-order valence-electron chi connectivity index (χ4n) is 4.86. The minimum Gasteiger partial charge on any atom is -0.461 e. The lowest BCUT2D eigenvalue weighted by Crippen LogP contribution is -2.12. The van der Waals surface area contributed by atoms with Crippen molar-refractivity contribution in [3.05, 3.63) is 90.3 Å². The summed E-state index contributed by atoms with van der Waals surface area (Å²) in [5.41, 5.74) is 5.72. The van der Waals surface area contributed by atoms with E-state index in [-0.39, 0.29) is 5.41 Å². The van der Waals surface area contributed by atoms with Gasteiger partial charge in [0.2, 0.25) is 0 Å². The van der Waals surface area contributed by atoms with Crippen LogP contribution in [0, 0.1) is 6.92 Å². The zero-order chi connectivity index (χ0) is 22.7. The van der Waals surface area contributed by atoms with Gasteiger partial charge >= 0.3 is 0 Å². The molecule has 0 saturated carbocycles. The second-order valence-corrected chi connectivity index (χ2v) is 10.8. The molecule has 0 bridgehead atoms. The van der Waals surface area contributed by atoms with E-state index < -0.39 is 0 Å². The highest BCUT2D eigenvalue weighted by Gasteiger charge is 2.21. The molecule has 33 heavy (non-hydrogen) atoms. The number of benzene rings is 3. The van der Waals surface area contributed by atoms with Gasteiger partial charge in [0.15, 0.2) is 0 Å². The van der Waals surface area contributed by atoms with Crippen molar-refractivity contribution in [3.8, 4) is 21.7 Å². The molecule has 0 unspecified atom stereocenters. The Kier molecular flexibility index (Phi) is 4.46. The third kappa shape index (κ3) is 3.27. The highest BCUT2D eigenvalue weighted by Crippen LogP contribution is 2.43. The number of furan rings is 1. The monoisotopic (exact) mass is 447 g/mol. The fraction of sp³-hybridized carbons (Fsp3) is 0.167. The highest BCUT2D eigenvalue weighted by molar-refractivity contribution is 7.22. The summed E-state index contributed by atoms with van der Waals surface area (Å²) in [7, 11) is 0. The first kappa shape index (κ1) is 20.2. The SMILES string of the molecule is Cc1oc2ccccc2c1-c1cc2c(-c3cc(C(C)(C)C)c4ccccc4c3)nccc2s1. The van der Waals surface area contributed by atoms with Gasteiger partial charge in [-0.25, -0.2) is 0 Å². The van der Waals surface area contributed by atoms with Gasteiger partial charge in [-0.15, -0.1) is 11.3 Å². The Labute approximate surface area is 197 Å². The molecule has 3 heteroatoms. The molecule has 6 aromatic rings. The van der Waals surface area contributed by atoms with Gasteiger partial charge in [-0.05, 0) is 59.0 Å². The van der Waals surface area contributed by atoms with Gasteiger partial charge in [0.05, 0.1) is 5.69 Å². The standard InChI is InChI=1S/C30H25NOS/c1-18-28(22-11-7-8-12-25(22)32-18)27-17-23-26(33-27)13-14-31-29(23)20-15-19-9-5-6-10-21(19)24(16-20)30(2,3)4/h5-17H,1-4H3. The summed E-state index contributed by atoms with van der Waals surface area (Å²) in [5.74, 6) is 0.956. The Morgan fingerprint density at radius 2 is 1.58 bits per heavy atom. The van der Waals surface area contributed by atoms with E-state index in [4.69, 9.17) is 9.40 Å². The van der Waals surface area contributed by atoms with Crippen LogP contribution in [0.4, 0.5) is 0 Å². The molecular formula is C30H25NOS. The van der Waals surface area contributed by atoms with Gasteiger partial charge in [-0.2, -0.15) is 0 Å². The molecule has 0 aliphatic carbocycles. The van der Waals surface area contributed by atoms with Crippen molar-refractivity contribution in [1.82, 2.24) is 4.98 Å². The summed E-state index contributed by atoms with van der Waals surface area (Å²) >= 11 is 1.81. The minimum absolute atomic E-state index is 0.0378. The smallest absolute Gasteiger partial charge is 0.134 e. The number of hydrogen-bond donors (Lipinski definition) is 0. The Morgan fingerprint density at radius 3 is 2.39 bits per heavy atom. The fourth-order valence-corrected chi connectivity index (χ4v) is 6.02. The van der Waals surface area contributed by atoms with E-state index in [0.717, 1.165) is 22.4 Å². The van der Waals surface area contributed by atoms with Crippen LogP contribution >= 0.6 is 11.3 Å². The number of fused-ring (bicyclic) bond motifs is 3. The summed E-state index contributed by atoms with van der Waals surface area (Å²) in [5, 5.41) is 4.92. The number of aromatic nitrogens is 1. The molecule has 0 aliphatic rings. The van der Waals surface area contributed by atoms with Gasteiger partial charge in [-0.3, -0.25) is 4.98 Å². The summed E-state index contributed by atoms with van der Waals surface area (Å²) in [6, 6.07) is 26.0. The number of nitrogens with zero attached hydrogens (tertiary/aromatic N) is 1. The van der Waals surface area contributed by atoms with Crippen LogP contribution in [0.15, 0.2) is 83.4 Å². The average Bonchev–Trinajstić information content (AvgIpc) is 3.37. The molecule has 0 fully saturated rings. The Bertz CT molecular complexity index is 1660. The van der Waals surface area contributed by atoms with Crippen LogP contribution < -0.4 is 0 Å². The molecule has 6 rings (SSSR count). The first-order chi connectivity index (χ1) is 15.9. The van der Waals surface area contributed by atoms with Gasteiger partial charge < -0.3 is 4.42 Å². The van der Waals surface area contributed by atoms with Crippen LogP contribution in [0.2, 0.25) is 0 Å². The zero-order valence-corrected chi connectivity index (χ0v) is 20.1. The lowest BCUT2D eigenvalue weighted by molar-refractivity contribution is 0.580. The quantitative estimate of drug-likeness (QED) is 0.264. The molecule has 0 amide bonds. The molecule has 3 heterocycles. The number of thiophene rings is 1. The van der Waals surface area contributed by atoms with Crippen molar-refractivity contribution in [2.75, 3.05) is 0 Å². The van der Waals surface area contributed by atoms with E-state index in [2.05, 4.69) is 88.4 Å². The van der Waals surface area contributed by atoms with Crippen molar-refractivity contribution in [3.63, 3.8) is 0 Å². The van der Waals surface area contributed by atoms with Crippen LogP contribution in [0.25, 0.3) is 53.5 Å². The molecule has 162 valence electrons. The largest absolute Gasteiger partial charge is 0.461 e. The number of aryl methyl sites for hydroxylation is 1. The van der Waals surface area contributed by atoms with Crippen LogP contribution in [-0.2, 0) is 5.41 Å². The molecule has 3 aromatic heterocycles. The molecule has 0 radical (unpaired) electrons. The molecule has 2 nitrogen and oxygen atoms in total. The molecule has 3 aromatic carbocycles. The molecule has 0 spiro atoms. The van der Waals surface area contributed by atoms with E-state index in [1.54, 1.807) is 11.3 Å². The minimum atomic E-state index is 0.0378. The lowest BCUT2D eigenvalue weighted by atomic mass is 9.82. The Hall–Kier alpha value is -3.43. The molecule has 0 N–H and O–H groups in total. The Balaban J connectivity index is 1.60. The van der Waals surface area contributed by atoms with E-state index in [9.17, 15) is 0 Å². The summed E-state index contributed by atoms with van der Waals surface area (Å²) in [6.07, 6.45) is 1.93. The van der Waals surface area contributed by atoms with Gasteiger partial charge in [0, 0.05) is 37.7 Å². The van der Waals surface area contributed by atoms with Gasteiger partial charge in [0.1, 0.15) is 11.3 Å². The van der Waals surface area contributed by atoms with Crippen LogP contribution in [0.1, 0.15) is 32.1 Å². The summed E-state index contributed by atoms with van der Waals surface area (Å²) < 4.78 is 7.30. The third-order valence-electron chi connectivity index (χ3n) is 6.41. The average molecular weight is 448 g/mol. The van der Waals surface area contributed by atoms with Crippen molar-refractivity contribution in [2.45, 2.75) is 33.1 Å². The second-order valence-electron chi connectivity index (χ2n) is 9.71. The maximum absolute atomic E-state index is 6.06. The second kappa shape index (κ2) is 7.29. The van der Waals surface area contributed by atoms with Crippen LogP contribution in [-0.4, -0.2) is 4.98 Å². The van der Waals surface area contributed by atoms with Crippen molar-refractivity contribution in [1.29, 1.82) is 0 Å². The predicted octanol–water partition coefficient (Wildman–Crippen LogP) is 9.14. The van der Waals surface area contributed by atoms with E-state index in [1.165, 1.54) is 42.4 Å². The zero-order valence-electron chi connectivity index (χ0n) is 19.3. The number of para-hydroxylation sites is 1. The maximum atomic E-state index is 6.06. The third-order valence-corrected chi connectivity index (χ3v) is 7.52. The van der Waals surface area contributed by atoms with E-state index >= 15 is 0 Å². The number of hydrogen-bond acceptors (Lipinski definition) is 3. The lowest BCUT2D eigenvalue weighted by Gasteiger charge is -2.22. The van der Waals surface area contributed by atoms with Crippen molar-refractivity contribution < 1.29 is 4.42 Å². The maximum Gasteiger partial charge on any atom is 0.134 e. The van der Waals surface area contributed by atoms with Crippen LogP contribution in [0.3, 0.4) is 0 Å². The van der Waals surface area contributed by atoms with Gasteiger partial charge in [0.25, 0.3) is 0 Å². The van der Waals surface area contributed by atoms with Crippen molar-refractivity contribution in [2.24, 2.45) is 0 Å². The number of pyridine rings is 1. The molecule has 0 aliphatic heterocycles.